The van der Waals surface area contributed by atoms with Crippen LogP contribution in [0.2, 0.25) is 0 Å². The second-order valence-corrected chi connectivity index (χ2v) is 11.2. The fourth-order valence-corrected chi connectivity index (χ4v) is 6.53. The van der Waals surface area contributed by atoms with Gasteiger partial charge in [0, 0.05) is 30.9 Å². The maximum Gasteiger partial charge on any atom is 0.243 e. The number of carbonyl (C=O) groups is 1. The molecule has 32 heavy (non-hydrogen) atoms. The first-order chi connectivity index (χ1) is 15.5. The van der Waals surface area contributed by atoms with Gasteiger partial charge in [-0.05, 0) is 61.5 Å². The van der Waals surface area contributed by atoms with Gasteiger partial charge < -0.3 is 10.1 Å². The summed E-state index contributed by atoms with van der Waals surface area (Å²) in [6.07, 6.45) is 3.39. The number of amides is 1. The van der Waals surface area contributed by atoms with Crippen LogP contribution < -0.4 is 5.32 Å². The van der Waals surface area contributed by atoms with E-state index in [1.54, 1.807) is 35.6 Å². The molecule has 0 aliphatic carbocycles. The fraction of sp³-hybridized carbons (Fsp3) is 0.522. The van der Waals surface area contributed by atoms with Crippen molar-refractivity contribution >= 4 is 27.3 Å². The fourth-order valence-electron chi connectivity index (χ4n) is 4.26. The summed E-state index contributed by atoms with van der Waals surface area (Å²) >= 11 is 1.74. The summed E-state index contributed by atoms with van der Waals surface area (Å²) in [7, 11) is -3.49. The summed E-state index contributed by atoms with van der Waals surface area (Å²) in [6.45, 7) is 4.41. The molecule has 0 radical (unpaired) electrons. The third-order valence-corrected chi connectivity index (χ3v) is 9.00. The van der Waals surface area contributed by atoms with E-state index >= 15 is 0 Å². The van der Waals surface area contributed by atoms with Gasteiger partial charge in [0.1, 0.15) is 0 Å². The van der Waals surface area contributed by atoms with Crippen molar-refractivity contribution in [3.05, 3.63) is 52.2 Å². The van der Waals surface area contributed by atoms with Crippen LogP contribution in [0.3, 0.4) is 0 Å². The minimum absolute atomic E-state index is 0.0239. The predicted molar refractivity (Wildman–Crippen MR) is 125 cm³/mol. The molecule has 0 spiro atoms. The molecule has 2 fully saturated rings. The average Bonchev–Trinajstić information content (AvgIpc) is 3.54. The molecular weight excluding hydrogens is 446 g/mol. The molecular formula is C23H31N3O4S2. The Labute approximate surface area is 194 Å². The number of hydrogen-bond acceptors (Lipinski definition) is 6. The van der Waals surface area contributed by atoms with Gasteiger partial charge in [-0.1, -0.05) is 18.2 Å². The molecule has 2 aromatic rings. The highest BCUT2D eigenvalue weighted by molar-refractivity contribution is 7.89. The van der Waals surface area contributed by atoms with Gasteiger partial charge in [0.25, 0.3) is 0 Å². The number of sulfonamides is 1. The van der Waals surface area contributed by atoms with Crippen LogP contribution >= 0.6 is 11.3 Å². The van der Waals surface area contributed by atoms with E-state index in [0.29, 0.717) is 45.7 Å². The number of likely N-dealkylation sites (tertiary alicyclic amines) is 1. The third kappa shape index (κ3) is 5.77. The van der Waals surface area contributed by atoms with Crippen LogP contribution in [0.1, 0.15) is 35.7 Å². The lowest BCUT2D eigenvalue weighted by Gasteiger charge is -2.27. The molecule has 1 N–H and O–H groups in total. The highest BCUT2D eigenvalue weighted by Gasteiger charge is 2.26. The van der Waals surface area contributed by atoms with Crippen LogP contribution in [-0.4, -0.2) is 69.5 Å². The molecule has 0 unspecified atom stereocenters. The van der Waals surface area contributed by atoms with E-state index in [1.807, 2.05) is 0 Å². The number of nitrogens with zero attached hydrogens (tertiary/aromatic N) is 2. The SMILES string of the molecule is O=C(CCc1ccc(S(=O)(=O)N2CCOCC2)cc1)NC[C@@H](c1cccs1)N1CCCC1. The van der Waals surface area contributed by atoms with E-state index in [4.69, 9.17) is 4.74 Å². The molecule has 0 bridgehead atoms. The van der Waals surface area contributed by atoms with Crippen LogP contribution in [0.25, 0.3) is 0 Å². The van der Waals surface area contributed by atoms with Gasteiger partial charge in [0.05, 0.1) is 24.2 Å². The zero-order valence-corrected chi connectivity index (χ0v) is 19.9. The third-order valence-electron chi connectivity index (χ3n) is 6.12. The molecule has 1 atom stereocenters. The first-order valence-electron chi connectivity index (χ1n) is 11.2. The highest BCUT2D eigenvalue weighted by atomic mass is 32.2. The molecule has 2 aliphatic rings. The highest BCUT2D eigenvalue weighted by Crippen LogP contribution is 2.28. The van der Waals surface area contributed by atoms with Gasteiger partial charge in [-0.25, -0.2) is 8.42 Å². The van der Waals surface area contributed by atoms with Crippen LogP contribution in [0.5, 0.6) is 0 Å². The van der Waals surface area contributed by atoms with Crippen molar-refractivity contribution in [3.8, 4) is 0 Å². The standard InChI is InChI=1S/C23H31N3O4S2/c27-23(24-18-21(22-4-3-17-31-22)25-11-1-2-12-25)10-7-19-5-8-20(9-6-19)32(28,29)26-13-15-30-16-14-26/h3-6,8-9,17,21H,1-2,7,10-16,18H2,(H,24,27)/t21-/m0/s1. The van der Waals surface area contributed by atoms with E-state index < -0.39 is 10.0 Å². The van der Waals surface area contributed by atoms with Crippen LogP contribution in [0.15, 0.2) is 46.7 Å². The van der Waals surface area contributed by atoms with Gasteiger partial charge >= 0.3 is 0 Å². The van der Waals surface area contributed by atoms with E-state index in [1.165, 1.54) is 22.0 Å². The molecule has 7 nitrogen and oxygen atoms in total. The first kappa shape index (κ1) is 23.4. The van der Waals surface area contributed by atoms with Crippen LogP contribution in [0.4, 0.5) is 0 Å². The van der Waals surface area contributed by atoms with Crippen molar-refractivity contribution in [1.82, 2.24) is 14.5 Å². The number of morpholine rings is 1. The zero-order valence-electron chi connectivity index (χ0n) is 18.2. The Balaban J connectivity index is 1.28. The monoisotopic (exact) mass is 477 g/mol. The van der Waals surface area contributed by atoms with E-state index in [-0.39, 0.29) is 16.8 Å². The van der Waals surface area contributed by atoms with Crippen molar-refractivity contribution in [3.63, 3.8) is 0 Å². The molecule has 174 valence electrons. The Kier molecular flexibility index (Phi) is 7.96. The van der Waals surface area contributed by atoms with Crippen LogP contribution in [-0.2, 0) is 26.0 Å². The van der Waals surface area contributed by atoms with E-state index in [0.717, 1.165) is 18.7 Å². The molecule has 2 aliphatic heterocycles. The van der Waals surface area contributed by atoms with Crippen molar-refractivity contribution in [2.45, 2.75) is 36.6 Å². The zero-order chi connectivity index (χ0) is 22.4. The second kappa shape index (κ2) is 10.9. The number of hydrogen-bond donors (Lipinski definition) is 1. The summed E-state index contributed by atoms with van der Waals surface area (Å²) < 4.78 is 32.2. The topological polar surface area (TPSA) is 79.0 Å². The van der Waals surface area contributed by atoms with Gasteiger partial charge in [-0.2, -0.15) is 4.31 Å². The minimum Gasteiger partial charge on any atom is -0.379 e. The van der Waals surface area contributed by atoms with Crippen molar-refractivity contribution in [1.29, 1.82) is 0 Å². The van der Waals surface area contributed by atoms with Gasteiger partial charge in [0.2, 0.25) is 15.9 Å². The Bertz CT molecular complexity index is 965. The largest absolute Gasteiger partial charge is 0.379 e. The number of ether oxygens (including phenoxy) is 1. The van der Waals surface area contributed by atoms with Crippen molar-refractivity contribution in [2.75, 3.05) is 45.9 Å². The lowest BCUT2D eigenvalue weighted by molar-refractivity contribution is -0.121. The molecule has 9 heteroatoms. The molecule has 2 saturated heterocycles. The van der Waals surface area contributed by atoms with Crippen molar-refractivity contribution < 1.29 is 17.9 Å². The number of thiophene rings is 1. The number of nitrogens with one attached hydrogen (secondary N) is 1. The van der Waals surface area contributed by atoms with Gasteiger partial charge in [0.15, 0.2) is 0 Å². The first-order valence-corrected chi connectivity index (χ1v) is 13.6. The summed E-state index contributed by atoms with van der Waals surface area (Å²) in [6, 6.07) is 11.3. The summed E-state index contributed by atoms with van der Waals surface area (Å²) in [4.78, 5) is 16.5. The summed E-state index contributed by atoms with van der Waals surface area (Å²) in [5, 5.41) is 5.19. The molecule has 1 aromatic heterocycles. The predicted octanol–water partition coefficient (Wildman–Crippen LogP) is 2.65. The van der Waals surface area contributed by atoms with E-state index in [2.05, 4.69) is 27.7 Å². The van der Waals surface area contributed by atoms with Gasteiger partial charge in [-0.15, -0.1) is 11.3 Å². The number of rotatable bonds is 9. The number of benzene rings is 1. The lowest BCUT2D eigenvalue weighted by atomic mass is 10.1. The quantitative estimate of drug-likeness (QED) is 0.601. The Morgan fingerprint density at radius 2 is 1.78 bits per heavy atom. The Hall–Kier alpha value is -1.78. The lowest BCUT2D eigenvalue weighted by Crippen LogP contribution is -2.40. The van der Waals surface area contributed by atoms with E-state index in [9.17, 15) is 13.2 Å². The average molecular weight is 478 g/mol. The van der Waals surface area contributed by atoms with Crippen LogP contribution in [0, 0.1) is 0 Å². The molecule has 0 saturated carbocycles. The molecule has 4 rings (SSSR count). The molecule has 1 amide bonds. The smallest absolute Gasteiger partial charge is 0.243 e. The number of aryl methyl sites for hydroxylation is 1. The summed E-state index contributed by atoms with van der Waals surface area (Å²) in [5.41, 5.74) is 0.954. The maximum absolute atomic E-state index is 12.7. The molecule has 3 heterocycles. The van der Waals surface area contributed by atoms with Crippen molar-refractivity contribution in [2.24, 2.45) is 0 Å². The molecule has 1 aromatic carbocycles. The Morgan fingerprint density at radius 3 is 2.44 bits per heavy atom. The van der Waals surface area contributed by atoms with Gasteiger partial charge in [-0.3, -0.25) is 9.69 Å². The Morgan fingerprint density at radius 1 is 1.06 bits per heavy atom. The maximum atomic E-state index is 12.7. The minimum atomic E-state index is -3.49. The summed E-state index contributed by atoms with van der Waals surface area (Å²) in [5.74, 6) is 0.0239. The normalized spacial score (nSPS) is 19.1. The number of carbonyl (C=O) groups excluding carboxylic acids is 1. The second-order valence-electron chi connectivity index (χ2n) is 8.24.